The van der Waals surface area contributed by atoms with E-state index >= 15 is 0 Å². The Labute approximate surface area is 218 Å². The van der Waals surface area contributed by atoms with E-state index in [1.54, 1.807) is 12.1 Å². The summed E-state index contributed by atoms with van der Waals surface area (Å²) in [4.78, 5) is 12.4. The van der Waals surface area contributed by atoms with E-state index in [1.807, 2.05) is 31.2 Å². The smallest absolute Gasteiger partial charge is 0.508 e. The van der Waals surface area contributed by atoms with Crippen LogP contribution in [0.1, 0.15) is 40.8 Å². The molecule has 0 bridgehead atoms. The summed E-state index contributed by atoms with van der Waals surface area (Å²) in [6, 6.07) is 17.6. The van der Waals surface area contributed by atoms with Crippen molar-refractivity contribution in [2.75, 3.05) is 6.54 Å². The maximum Gasteiger partial charge on any atom is 0.573 e. The predicted molar refractivity (Wildman–Crippen MR) is 135 cm³/mol. The maximum atomic E-state index is 12.4. The molecule has 1 unspecified atom stereocenters. The summed E-state index contributed by atoms with van der Waals surface area (Å²) in [6.45, 7) is 2.11. The zero-order valence-electron chi connectivity index (χ0n) is 20.8. The van der Waals surface area contributed by atoms with Gasteiger partial charge in [0.2, 0.25) is 5.91 Å². The van der Waals surface area contributed by atoms with Crippen molar-refractivity contribution in [2.24, 2.45) is 0 Å². The predicted octanol–water partition coefficient (Wildman–Crippen LogP) is 3.90. The zero-order valence-corrected chi connectivity index (χ0v) is 20.8. The Hall–Kier alpha value is -3.60. The molecule has 2 atom stereocenters. The van der Waals surface area contributed by atoms with E-state index in [0.29, 0.717) is 23.1 Å². The largest absolute Gasteiger partial charge is 0.573 e. The van der Waals surface area contributed by atoms with Crippen molar-refractivity contribution in [3.63, 3.8) is 0 Å². The normalized spacial score (nSPS) is 13.1. The molecule has 7 nitrogen and oxygen atoms in total. The molecule has 0 spiro atoms. The van der Waals surface area contributed by atoms with Crippen LogP contribution in [0.15, 0.2) is 66.7 Å². The summed E-state index contributed by atoms with van der Waals surface area (Å²) in [6.07, 6.45) is -4.76. The fourth-order valence-corrected chi connectivity index (χ4v) is 3.92. The molecule has 0 aliphatic heterocycles. The van der Waals surface area contributed by atoms with Gasteiger partial charge in [0, 0.05) is 24.7 Å². The Balaban J connectivity index is 1.45. The molecule has 38 heavy (non-hydrogen) atoms. The molecule has 0 saturated carbocycles. The van der Waals surface area contributed by atoms with E-state index in [0.717, 1.165) is 11.1 Å². The summed E-state index contributed by atoms with van der Waals surface area (Å²) in [5, 5.41) is 35.5. The number of nitrogens with one attached hydrogen (secondary N) is 2. The molecule has 3 rings (SSSR count). The highest BCUT2D eigenvalue weighted by atomic mass is 19.4. The Bertz CT molecular complexity index is 1200. The summed E-state index contributed by atoms with van der Waals surface area (Å²) in [7, 11) is 0. The summed E-state index contributed by atoms with van der Waals surface area (Å²) in [5.41, 5.74) is 3.41. The third-order valence-electron chi connectivity index (χ3n) is 5.86. The van der Waals surface area contributed by atoms with Gasteiger partial charge in [0.05, 0.1) is 19.1 Å². The van der Waals surface area contributed by atoms with Crippen LogP contribution in [0.3, 0.4) is 0 Å². The van der Waals surface area contributed by atoms with Gasteiger partial charge < -0.3 is 30.7 Å². The van der Waals surface area contributed by atoms with Gasteiger partial charge in [-0.05, 0) is 59.9 Å². The Morgan fingerprint density at radius 3 is 2.39 bits per heavy atom. The van der Waals surface area contributed by atoms with Crippen LogP contribution < -0.4 is 15.4 Å². The van der Waals surface area contributed by atoms with Gasteiger partial charge in [0.1, 0.15) is 11.5 Å². The van der Waals surface area contributed by atoms with Crippen molar-refractivity contribution in [3.05, 3.63) is 94.5 Å². The molecule has 3 aromatic rings. The molecule has 0 aromatic heterocycles. The first-order valence-corrected chi connectivity index (χ1v) is 12.1. The molecule has 0 aliphatic carbocycles. The van der Waals surface area contributed by atoms with Gasteiger partial charge in [-0.25, -0.2) is 0 Å². The molecule has 204 valence electrons. The van der Waals surface area contributed by atoms with E-state index in [-0.39, 0.29) is 49.6 Å². The van der Waals surface area contributed by atoms with Crippen molar-refractivity contribution >= 4 is 5.91 Å². The lowest BCUT2D eigenvalue weighted by atomic mass is 10.0. The summed E-state index contributed by atoms with van der Waals surface area (Å²) < 4.78 is 40.6. The van der Waals surface area contributed by atoms with E-state index in [2.05, 4.69) is 15.4 Å². The fraction of sp³-hybridized carbons (Fsp3) is 0.321. The van der Waals surface area contributed by atoms with E-state index < -0.39 is 12.5 Å². The third-order valence-corrected chi connectivity index (χ3v) is 5.86. The maximum absolute atomic E-state index is 12.4. The lowest BCUT2D eigenvalue weighted by Crippen LogP contribution is -2.32. The fourth-order valence-electron chi connectivity index (χ4n) is 3.92. The second-order valence-electron chi connectivity index (χ2n) is 9.04. The van der Waals surface area contributed by atoms with Crippen molar-refractivity contribution in [1.29, 1.82) is 0 Å². The monoisotopic (exact) mass is 532 g/mol. The van der Waals surface area contributed by atoms with Gasteiger partial charge in [-0.2, -0.15) is 0 Å². The van der Waals surface area contributed by atoms with Crippen LogP contribution in [0.2, 0.25) is 0 Å². The lowest BCUT2D eigenvalue weighted by Gasteiger charge is -2.18. The van der Waals surface area contributed by atoms with Crippen molar-refractivity contribution < 1.29 is 38.0 Å². The molecule has 0 saturated heterocycles. The highest BCUT2D eigenvalue weighted by Crippen LogP contribution is 2.23. The highest BCUT2D eigenvalue weighted by Gasteiger charge is 2.30. The standard InChI is InChI=1S/C28H31F3N2O5/c1-18(32-16-26(36)22-7-10-25(35)23(14-22)17-34)11-20-3-2-4-21(12-20)13-27(37)33-15-19-5-8-24(9-6-19)38-28(29,30)31/h2-10,12,14,18,26,32,34-36H,11,13,15-17H2,1H3,(H,33,37)/t18?,26-/m0/s1. The lowest BCUT2D eigenvalue weighted by molar-refractivity contribution is -0.274. The van der Waals surface area contributed by atoms with Crippen LogP contribution in [0.4, 0.5) is 13.2 Å². The molecule has 5 N–H and O–H groups in total. The SMILES string of the molecule is CC(Cc1cccc(CC(=O)NCc2ccc(OC(F)(F)F)cc2)c1)NC[C@H](O)c1ccc(O)c(CO)c1. The first kappa shape index (κ1) is 29.0. The van der Waals surface area contributed by atoms with Crippen LogP contribution >= 0.6 is 0 Å². The minimum absolute atomic E-state index is 0.0208. The number of alkyl halides is 3. The minimum atomic E-state index is -4.75. The Morgan fingerprint density at radius 2 is 1.71 bits per heavy atom. The number of hydrogen-bond donors (Lipinski definition) is 5. The average Bonchev–Trinajstić information content (AvgIpc) is 2.86. The van der Waals surface area contributed by atoms with Gasteiger partial charge in [0.25, 0.3) is 0 Å². The number of hydrogen-bond acceptors (Lipinski definition) is 6. The molecule has 0 fully saturated rings. The van der Waals surface area contributed by atoms with E-state index in [4.69, 9.17) is 0 Å². The molecule has 1 amide bonds. The Morgan fingerprint density at radius 1 is 1.00 bits per heavy atom. The van der Waals surface area contributed by atoms with Crippen molar-refractivity contribution in [2.45, 2.75) is 51.4 Å². The van der Waals surface area contributed by atoms with Crippen LogP contribution in [-0.2, 0) is 30.8 Å². The summed E-state index contributed by atoms with van der Waals surface area (Å²) >= 11 is 0. The van der Waals surface area contributed by atoms with Crippen molar-refractivity contribution in [1.82, 2.24) is 10.6 Å². The first-order chi connectivity index (χ1) is 18.0. The number of carbonyl (C=O) groups is 1. The molecular formula is C28H31F3N2O5. The van der Waals surface area contributed by atoms with E-state index in [1.165, 1.54) is 30.3 Å². The van der Waals surface area contributed by atoms with Crippen LogP contribution in [0.5, 0.6) is 11.5 Å². The molecule has 10 heteroatoms. The number of aliphatic hydroxyl groups is 2. The number of aromatic hydroxyl groups is 1. The van der Waals surface area contributed by atoms with Crippen molar-refractivity contribution in [3.8, 4) is 11.5 Å². The van der Waals surface area contributed by atoms with Gasteiger partial charge in [-0.15, -0.1) is 13.2 Å². The van der Waals surface area contributed by atoms with Gasteiger partial charge in [-0.3, -0.25) is 4.79 Å². The quantitative estimate of drug-likeness (QED) is 0.242. The third kappa shape index (κ3) is 9.37. The number of aliphatic hydroxyl groups excluding tert-OH is 2. The second-order valence-corrected chi connectivity index (χ2v) is 9.04. The van der Waals surface area contributed by atoms with Gasteiger partial charge in [-0.1, -0.05) is 42.5 Å². The number of halogens is 3. The number of phenols is 1. The molecule has 0 radical (unpaired) electrons. The first-order valence-electron chi connectivity index (χ1n) is 12.1. The second kappa shape index (κ2) is 13.3. The number of carbonyl (C=O) groups excluding carboxylic acids is 1. The minimum Gasteiger partial charge on any atom is -0.508 e. The van der Waals surface area contributed by atoms with Gasteiger partial charge in [0.15, 0.2) is 0 Å². The molecule has 0 aliphatic rings. The van der Waals surface area contributed by atoms with Crippen LogP contribution in [0, 0.1) is 0 Å². The molecule has 3 aromatic carbocycles. The molecular weight excluding hydrogens is 501 g/mol. The summed E-state index contributed by atoms with van der Waals surface area (Å²) in [5.74, 6) is -0.561. The van der Waals surface area contributed by atoms with Gasteiger partial charge >= 0.3 is 6.36 Å². The van der Waals surface area contributed by atoms with Crippen LogP contribution in [-0.4, -0.2) is 40.2 Å². The number of rotatable bonds is 12. The van der Waals surface area contributed by atoms with E-state index in [9.17, 15) is 33.3 Å². The number of amides is 1. The zero-order chi connectivity index (χ0) is 27.7. The van der Waals surface area contributed by atoms with Crippen LogP contribution in [0.25, 0.3) is 0 Å². The average molecular weight is 533 g/mol. The highest BCUT2D eigenvalue weighted by molar-refractivity contribution is 5.78. The number of ether oxygens (including phenoxy) is 1. The Kier molecular flexibility index (Phi) is 10.1. The molecule has 0 heterocycles. The number of benzene rings is 3. The topological polar surface area (TPSA) is 111 Å².